The maximum atomic E-state index is 5.89. The molecule has 18 heavy (non-hydrogen) atoms. The zero-order valence-electron chi connectivity index (χ0n) is 9.36. The molecule has 2 aromatic rings. The van der Waals surface area contributed by atoms with Crippen LogP contribution in [0.1, 0.15) is 18.5 Å². The zero-order chi connectivity index (χ0) is 13.1. The van der Waals surface area contributed by atoms with Gasteiger partial charge < -0.3 is 5.32 Å². The van der Waals surface area contributed by atoms with Crippen molar-refractivity contribution in [1.29, 1.82) is 0 Å². The van der Waals surface area contributed by atoms with E-state index in [0.717, 1.165) is 10.0 Å². The fraction of sp³-hybridized carbons (Fsp3) is 0.182. The lowest BCUT2D eigenvalue weighted by Crippen LogP contribution is -2.09. The Hall–Kier alpha value is -0.910. The van der Waals surface area contributed by atoms with Crippen molar-refractivity contribution in [3.05, 3.63) is 44.7 Å². The molecule has 1 unspecified atom stereocenters. The van der Waals surface area contributed by atoms with Gasteiger partial charge in [0, 0.05) is 4.47 Å². The first-order valence-electron chi connectivity index (χ1n) is 5.14. The smallest absolute Gasteiger partial charge is 0.245 e. The highest BCUT2D eigenvalue weighted by molar-refractivity contribution is 9.10. The third kappa shape index (κ3) is 3.31. The van der Waals surface area contributed by atoms with E-state index in [1.807, 2.05) is 31.2 Å². The van der Waals surface area contributed by atoms with Crippen molar-refractivity contribution in [3.8, 4) is 0 Å². The lowest BCUT2D eigenvalue weighted by molar-refractivity contribution is 0.858. The summed E-state index contributed by atoms with van der Waals surface area (Å²) in [4.78, 5) is 4.00. The first-order valence-corrected chi connectivity index (χ1v) is 6.69. The van der Waals surface area contributed by atoms with Crippen molar-refractivity contribution in [3.63, 3.8) is 0 Å². The molecule has 0 aliphatic rings. The monoisotopic (exact) mass is 346 g/mol. The molecule has 0 amide bonds. The summed E-state index contributed by atoms with van der Waals surface area (Å²) in [5, 5.41) is 10.6. The maximum Gasteiger partial charge on any atom is 0.245 e. The van der Waals surface area contributed by atoms with Gasteiger partial charge in [-0.05, 0) is 36.2 Å². The van der Waals surface area contributed by atoms with Gasteiger partial charge in [-0.15, -0.1) is 10.2 Å². The normalized spacial score (nSPS) is 12.2. The second-order valence-corrected chi connectivity index (χ2v) is 5.25. The van der Waals surface area contributed by atoms with E-state index in [-0.39, 0.29) is 16.5 Å². The number of nitrogens with one attached hydrogen (secondary N) is 1. The Labute approximate surface area is 123 Å². The summed E-state index contributed by atoms with van der Waals surface area (Å²) in [6, 6.07) is 7.99. The molecule has 1 aromatic carbocycles. The molecule has 1 atom stereocenters. The molecule has 0 saturated heterocycles. The summed E-state index contributed by atoms with van der Waals surface area (Å²) >= 11 is 15.0. The van der Waals surface area contributed by atoms with Crippen LogP contribution in [0.4, 0.5) is 5.82 Å². The van der Waals surface area contributed by atoms with Crippen LogP contribution in [0.5, 0.6) is 0 Å². The first-order chi connectivity index (χ1) is 8.56. The number of benzene rings is 1. The Morgan fingerprint density at radius 3 is 2.50 bits per heavy atom. The molecular formula is C11H9BrCl2N4. The van der Waals surface area contributed by atoms with Gasteiger partial charge >= 0.3 is 0 Å². The summed E-state index contributed by atoms with van der Waals surface area (Å²) in [5.74, 6) is 0.423. The number of nitrogens with zero attached hydrogens (tertiary/aromatic N) is 3. The SMILES string of the molecule is CC(Nc1nc(Cl)nnc1Cl)c1ccc(Br)cc1. The van der Waals surface area contributed by atoms with Crippen molar-refractivity contribution in [1.82, 2.24) is 15.2 Å². The van der Waals surface area contributed by atoms with Crippen LogP contribution in [-0.2, 0) is 0 Å². The molecule has 1 heterocycles. The van der Waals surface area contributed by atoms with Crippen LogP contribution in [0, 0.1) is 0 Å². The van der Waals surface area contributed by atoms with Gasteiger partial charge in [0.25, 0.3) is 0 Å². The summed E-state index contributed by atoms with van der Waals surface area (Å²) in [5.41, 5.74) is 1.10. The van der Waals surface area contributed by atoms with Crippen molar-refractivity contribution in [2.75, 3.05) is 5.32 Å². The third-order valence-corrected chi connectivity index (χ3v) is 3.29. The van der Waals surface area contributed by atoms with E-state index < -0.39 is 0 Å². The summed E-state index contributed by atoms with van der Waals surface area (Å²) in [6.07, 6.45) is 0. The van der Waals surface area contributed by atoms with Crippen LogP contribution in [0.15, 0.2) is 28.7 Å². The number of hydrogen-bond donors (Lipinski definition) is 1. The highest BCUT2D eigenvalue weighted by Gasteiger charge is 2.11. The topological polar surface area (TPSA) is 50.7 Å². The van der Waals surface area contributed by atoms with Gasteiger partial charge in [-0.1, -0.05) is 39.7 Å². The molecule has 2 rings (SSSR count). The van der Waals surface area contributed by atoms with Gasteiger partial charge in [-0.3, -0.25) is 0 Å². The highest BCUT2D eigenvalue weighted by atomic mass is 79.9. The van der Waals surface area contributed by atoms with Crippen LogP contribution >= 0.6 is 39.1 Å². The molecule has 7 heteroatoms. The van der Waals surface area contributed by atoms with Crippen LogP contribution in [0.3, 0.4) is 0 Å². The van der Waals surface area contributed by atoms with E-state index in [1.165, 1.54) is 0 Å². The minimum Gasteiger partial charge on any atom is -0.361 e. The molecule has 0 fully saturated rings. The standard InChI is InChI=1S/C11H9BrCl2N4/c1-6(7-2-4-8(12)5-3-7)15-10-9(13)17-18-11(14)16-10/h2-6H,1H3,(H,15,16,18). The average Bonchev–Trinajstić information content (AvgIpc) is 2.34. The molecule has 94 valence electrons. The van der Waals surface area contributed by atoms with E-state index in [2.05, 4.69) is 36.4 Å². The molecule has 0 aliphatic carbocycles. The van der Waals surface area contributed by atoms with Gasteiger partial charge in [0.2, 0.25) is 5.28 Å². The Morgan fingerprint density at radius 2 is 1.83 bits per heavy atom. The average molecular weight is 348 g/mol. The van der Waals surface area contributed by atoms with Crippen molar-refractivity contribution in [2.45, 2.75) is 13.0 Å². The minimum atomic E-state index is 0.0309. The highest BCUT2D eigenvalue weighted by Crippen LogP contribution is 2.24. The maximum absolute atomic E-state index is 5.89. The lowest BCUT2D eigenvalue weighted by Gasteiger charge is -2.15. The molecule has 0 bridgehead atoms. The Balaban J connectivity index is 2.18. The number of anilines is 1. The minimum absolute atomic E-state index is 0.0309. The number of aromatic nitrogens is 3. The Bertz CT molecular complexity index is 547. The van der Waals surface area contributed by atoms with Gasteiger partial charge in [0.1, 0.15) is 0 Å². The van der Waals surface area contributed by atoms with Crippen LogP contribution in [0.25, 0.3) is 0 Å². The number of hydrogen-bond acceptors (Lipinski definition) is 4. The fourth-order valence-corrected chi connectivity index (χ4v) is 1.95. The largest absolute Gasteiger partial charge is 0.361 e. The van der Waals surface area contributed by atoms with Crippen molar-refractivity contribution in [2.24, 2.45) is 0 Å². The number of rotatable bonds is 3. The quantitative estimate of drug-likeness (QED) is 0.907. The van der Waals surface area contributed by atoms with E-state index in [4.69, 9.17) is 23.2 Å². The summed E-state index contributed by atoms with van der Waals surface area (Å²) in [6.45, 7) is 2.00. The van der Waals surface area contributed by atoms with E-state index in [0.29, 0.717) is 5.82 Å². The first kappa shape index (κ1) is 13.5. The van der Waals surface area contributed by atoms with Gasteiger partial charge in [-0.25, -0.2) is 0 Å². The number of halogens is 3. The van der Waals surface area contributed by atoms with Crippen LogP contribution in [0.2, 0.25) is 10.4 Å². The zero-order valence-corrected chi connectivity index (χ0v) is 12.5. The molecule has 4 nitrogen and oxygen atoms in total. The molecule has 0 radical (unpaired) electrons. The second-order valence-electron chi connectivity index (χ2n) is 3.64. The van der Waals surface area contributed by atoms with Crippen molar-refractivity contribution >= 4 is 44.9 Å². The van der Waals surface area contributed by atoms with E-state index >= 15 is 0 Å². The molecule has 1 N–H and O–H groups in total. The van der Waals surface area contributed by atoms with Gasteiger partial charge in [0.05, 0.1) is 6.04 Å². The van der Waals surface area contributed by atoms with Crippen LogP contribution < -0.4 is 5.32 Å². The predicted molar refractivity (Wildman–Crippen MR) is 76.0 cm³/mol. The third-order valence-electron chi connectivity index (χ3n) is 2.34. The van der Waals surface area contributed by atoms with E-state index in [1.54, 1.807) is 0 Å². The summed E-state index contributed by atoms with van der Waals surface area (Å²) in [7, 11) is 0. The van der Waals surface area contributed by atoms with E-state index in [9.17, 15) is 0 Å². The van der Waals surface area contributed by atoms with Crippen LogP contribution in [-0.4, -0.2) is 15.2 Å². The molecule has 0 spiro atoms. The van der Waals surface area contributed by atoms with Crippen molar-refractivity contribution < 1.29 is 0 Å². The Morgan fingerprint density at radius 1 is 1.17 bits per heavy atom. The molecule has 0 aliphatic heterocycles. The second kappa shape index (κ2) is 5.82. The molecule has 0 saturated carbocycles. The Kier molecular flexibility index (Phi) is 4.37. The fourth-order valence-electron chi connectivity index (χ4n) is 1.42. The van der Waals surface area contributed by atoms with Gasteiger partial charge in [-0.2, -0.15) is 4.98 Å². The lowest BCUT2D eigenvalue weighted by atomic mass is 10.1. The summed E-state index contributed by atoms with van der Waals surface area (Å²) < 4.78 is 1.03. The molecular weight excluding hydrogens is 339 g/mol. The predicted octanol–water partition coefficient (Wildman–Crippen LogP) is 4.11. The van der Waals surface area contributed by atoms with Gasteiger partial charge in [0.15, 0.2) is 11.0 Å². The molecule has 1 aromatic heterocycles.